The monoisotopic (exact) mass is 445 g/mol. The van der Waals surface area contributed by atoms with E-state index in [9.17, 15) is 18.0 Å². The molecule has 3 rings (SSSR count). The summed E-state index contributed by atoms with van der Waals surface area (Å²) in [7, 11) is -2.18. The molecule has 9 heteroatoms. The Bertz CT molecular complexity index is 1060. The molecule has 2 aromatic carbocycles. The van der Waals surface area contributed by atoms with E-state index in [1.165, 1.54) is 23.5 Å². The zero-order valence-electron chi connectivity index (χ0n) is 17.8. The molecular formula is C22H27N3O5S. The summed E-state index contributed by atoms with van der Waals surface area (Å²) in [6, 6.07) is 10.7. The van der Waals surface area contributed by atoms with Crippen molar-refractivity contribution in [3.63, 3.8) is 0 Å². The Balaban J connectivity index is 1.65. The van der Waals surface area contributed by atoms with E-state index in [0.29, 0.717) is 30.0 Å². The van der Waals surface area contributed by atoms with Crippen molar-refractivity contribution in [2.75, 3.05) is 30.8 Å². The van der Waals surface area contributed by atoms with E-state index in [4.69, 9.17) is 4.74 Å². The third-order valence-corrected chi connectivity index (χ3v) is 7.16. The maximum absolute atomic E-state index is 12.6. The number of anilines is 2. The molecule has 166 valence electrons. The number of nitrogens with zero attached hydrogens (tertiary/aromatic N) is 1. The highest BCUT2D eigenvalue weighted by Gasteiger charge is 2.27. The highest BCUT2D eigenvalue weighted by Crippen LogP contribution is 2.23. The van der Waals surface area contributed by atoms with Crippen LogP contribution in [0, 0.1) is 6.92 Å². The standard InChI is InChI=1S/C22H27N3O5S/c1-15-6-7-17(22(27)30-3)14-20(15)23-16(2)21(26)24-18-8-10-19(11-9-18)31(28,29)25-12-4-5-13-25/h6-11,14,16,23H,4-5,12-13H2,1-3H3,(H,24,26). The SMILES string of the molecule is COC(=O)c1ccc(C)c(NC(C)C(=O)Nc2ccc(S(=O)(=O)N3CCCC3)cc2)c1. The van der Waals surface area contributed by atoms with E-state index >= 15 is 0 Å². The molecule has 1 atom stereocenters. The smallest absolute Gasteiger partial charge is 0.337 e. The maximum Gasteiger partial charge on any atom is 0.337 e. The molecule has 1 aliphatic heterocycles. The lowest BCUT2D eigenvalue weighted by atomic mass is 10.1. The molecule has 31 heavy (non-hydrogen) atoms. The molecule has 0 aliphatic carbocycles. The number of benzene rings is 2. The van der Waals surface area contributed by atoms with Crippen molar-refractivity contribution in [1.29, 1.82) is 0 Å². The Morgan fingerprint density at radius 2 is 1.71 bits per heavy atom. The van der Waals surface area contributed by atoms with Crippen LogP contribution in [0.3, 0.4) is 0 Å². The molecule has 0 aromatic heterocycles. The van der Waals surface area contributed by atoms with Gasteiger partial charge >= 0.3 is 5.97 Å². The maximum atomic E-state index is 12.6. The largest absolute Gasteiger partial charge is 0.465 e. The van der Waals surface area contributed by atoms with Crippen molar-refractivity contribution in [2.45, 2.75) is 37.6 Å². The molecule has 1 heterocycles. The number of carbonyl (C=O) groups excluding carboxylic acids is 2. The normalized spacial score (nSPS) is 15.3. The summed E-state index contributed by atoms with van der Waals surface area (Å²) >= 11 is 0. The summed E-state index contributed by atoms with van der Waals surface area (Å²) in [5.41, 5.74) is 2.42. The number of rotatable bonds is 7. The zero-order chi connectivity index (χ0) is 22.6. The predicted octanol–water partition coefficient (Wildman–Crippen LogP) is 3.01. The van der Waals surface area contributed by atoms with Gasteiger partial charge in [-0.1, -0.05) is 6.07 Å². The van der Waals surface area contributed by atoms with E-state index in [-0.39, 0.29) is 10.8 Å². The van der Waals surface area contributed by atoms with Crippen LogP contribution in [0.4, 0.5) is 11.4 Å². The van der Waals surface area contributed by atoms with Crippen LogP contribution in [0.2, 0.25) is 0 Å². The second-order valence-electron chi connectivity index (χ2n) is 7.51. The number of hydrogen-bond donors (Lipinski definition) is 2. The van der Waals surface area contributed by atoms with Gasteiger partial charge < -0.3 is 15.4 Å². The molecule has 8 nitrogen and oxygen atoms in total. The van der Waals surface area contributed by atoms with E-state index in [1.54, 1.807) is 37.3 Å². The lowest BCUT2D eigenvalue weighted by molar-refractivity contribution is -0.116. The van der Waals surface area contributed by atoms with Gasteiger partial charge in [-0.25, -0.2) is 13.2 Å². The number of ether oxygens (including phenoxy) is 1. The fourth-order valence-corrected chi connectivity index (χ4v) is 4.88. The molecule has 1 fully saturated rings. The summed E-state index contributed by atoms with van der Waals surface area (Å²) in [5, 5.41) is 5.88. The molecule has 0 bridgehead atoms. The second-order valence-corrected chi connectivity index (χ2v) is 9.45. The average Bonchev–Trinajstić information content (AvgIpc) is 3.31. The summed E-state index contributed by atoms with van der Waals surface area (Å²) in [4.78, 5) is 24.6. The fourth-order valence-electron chi connectivity index (χ4n) is 3.36. The van der Waals surface area contributed by atoms with Crippen molar-refractivity contribution < 1.29 is 22.7 Å². The molecule has 0 radical (unpaired) electrons. The summed E-state index contributed by atoms with van der Waals surface area (Å²) < 4.78 is 31.4. The van der Waals surface area contributed by atoms with Crippen molar-refractivity contribution in [3.05, 3.63) is 53.6 Å². The van der Waals surface area contributed by atoms with Crippen molar-refractivity contribution >= 4 is 33.3 Å². The minimum absolute atomic E-state index is 0.217. The van der Waals surface area contributed by atoms with Gasteiger partial charge in [-0.05, 0) is 68.7 Å². The highest BCUT2D eigenvalue weighted by molar-refractivity contribution is 7.89. The number of sulfonamides is 1. The lowest BCUT2D eigenvalue weighted by Crippen LogP contribution is -2.32. The van der Waals surface area contributed by atoms with Crippen molar-refractivity contribution in [2.24, 2.45) is 0 Å². The van der Waals surface area contributed by atoms with Gasteiger partial charge in [-0.15, -0.1) is 0 Å². The molecule has 0 spiro atoms. The van der Waals surface area contributed by atoms with Crippen molar-refractivity contribution in [1.82, 2.24) is 4.31 Å². The number of esters is 1. The van der Waals surface area contributed by atoms with Gasteiger partial charge in [0.2, 0.25) is 15.9 Å². The van der Waals surface area contributed by atoms with Gasteiger partial charge in [0, 0.05) is 24.5 Å². The van der Waals surface area contributed by atoms with Crippen LogP contribution in [0.1, 0.15) is 35.7 Å². The molecule has 1 unspecified atom stereocenters. The zero-order valence-corrected chi connectivity index (χ0v) is 18.7. The number of nitrogens with one attached hydrogen (secondary N) is 2. The van der Waals surface area contributed by atoms with Gasteiger partial charge in [0.25, 0.3) is 0 Å². The minimum Gasteiger partial charge on any atom is -0.465 e. The first-order chi connectivity index (χ1) is 14.7. The van der Waals surface area contributed by atoms with Crippen LogP contribution in [0.25, 0.3) is 0 Å². The van der Waals surface area contributed by atoms with E-state index in [1.807, 2.05) is 6.92 Å². The Morgan fingerprint density at radius 3 is 2.32 bits per heavy atom. The number of aryl methyl sites for hydroxylation is 1. The Morgan fingerprint density at radius 1 is 1.06 bits per heavy atom. The number of methoxy groups -OCH3 is 1. The molecule has 1 saturated heterocycles. The topological polar surface area (TPSA) is 105 Å². The van der Waals surface area contributed by atoms with Gasteiger partial charge in [0.15, 0.2) is 0 Å². The van der Waals surface area contributed by atoms with Crippen LogP contribution in [0.5, 0.6) is 0 Å². The van der Waals surface area contributed by atoms with Gasteiger partial charge in [0.1, 0.15) is 6.04 Å². The van der Waals surface area contributed by atoms with Gasteiger partial charge in [-0.2, -0.15) is 4.31 Å². The molecule has 2 aromatic rings. The van der Waals surface area contributed by atoms with Crippen LogP contribution in [0.15, 0.2) is 47.4 Å². The first-order valence-corrected chi connectivity index (χ1v) is 11.5. The van der Waals surface area contributed by atoms with E-state index in [2.05, 4.69) is 10.6 Å². The second kappa shape index (κ2) is 9.49. The van der Waals surface area contributed by atoms with Crippen LogP contribution < -0.4 is 10.6 Å². The predicted molar refractivity (Wildman–Crippen MR) is 119 cm³/mol. The van der Waals surface area contributed by atoms with E-state index in [0.717, 1.165) is 18.4 Å². The summed E-state index contributed by atoms with van der Waals surface area (Å²) in [6.07, 6.45) is 1.75. The fraction of sp³-hybridized carbons (Fsp3) is 0.364. The Kier molecular flexibility index (Phi) is 6.97. The lowest BCUT2D eigenvalue weighted by Gasteiger charge is -2.18. The molecule has 1 aliphatic rings. The number of hydrogen-bond acceptors (Lipinski definition) is 6. The number of amides is 1. The Hall–Kier alpha value is -2.91. The average molecular weight is 446 g/mol. The molecule has 1 amide bonds. The van der Waals surface area contributed by atoms with Gasteiger partial charge in [-0.3, -0.25) is 4.79 Å². The molecular weight excluding hydrogens is 418 g/mol. The number of carbonyl (C=O) groups is 2. The summed E-state index contributed by atoms with van der Waals surface area (Å²) in [5.74, 6) is -0.748. The van der Waals surface area contributed by atoms with E-state index < -0.39 is 22.0 Å². The quantitative estimate of drug-likeness (QED) is 0.635. The first-order valence-electron chi connectivity index (χ1n) is 10.1. The molecule has 0 saturated carbocycles. The van der Waals surface area contributed by atoms with Crippen LogP contribution in [-0.4, -0.2) is 50.8 Å². The third kappa shape index (κ3) is 5.23. The highest BCUT2D eigenvalue weighted by atomic mass is 32.2. The molecule has 2 N–H and O–H groups in total. The first kappa shape index (κ1) is 22.8. The minimum atomic E-state index is -3.49. The third-order valence-electron chi connectivity index (χ3n) is 5.25. The van der Waals surface area contributed by atoms with Gasteiger partial charge in [0.05, 0.1) is 17.6 Å². The van der Waals surface area contributed by atoms with Crippen LogP contribution in [-0.2, 0) is 19.6 Å². The summed E-state index contributed by atoms with van der Waals surface area (Å²) in [6.45, 7) is 4.65. The Labute approximate surface area is 182 Å². The van der Waals surface area contributed by atoms with Crippen molar-refractivity contribution in [3.8, 4) is 0 Å². The van der Waals surface area contributed by atoms with Crippen LogP contribution >= 0.6 is 0 Å².